The Balaban J connectivity index is 1.71. The van der Waals surface area contributed by atoms with Crippen LogP contribution in [0.3, 0.4) is 0 Å². The van der Waals surface area contributed by atoms with Gasteiger partial charge in [0.2, 0.25) is 0 Å². The van der Waals surface area contributed by atoms with Gasteiger partial charge in [0, 0.05) is 17.3 Å². The number of nitrogens with one attached hydrogen (secondary N) is 1. The number of carbonyl (C=O) groups excluding carboxylic acids is 2. The van der Waals surface area contributed by atoms with E-state index in [-0.39, 0.29) is 30.4 Å². The molecule has 1 heterocycles. The molecule has 0 radical (unpaired) electrons. The van der Waals surface area contributed by atoms with E-state index in [0.717, 1.165) is 0 Å². The maximum absolute atomic E-state index is 12.2. The van der Waals surface area contributed by atoms with Crippen molar-refractivity contribution in [3.8, 4) is 11.5 Å². The fraction of sp³-hybridized carbons (Fsp3) is 0.190. The first-order valence-electron chi connectivity index (χ1n) is 8.94. The van der Waals surface area contributed by atoms with E-state index in [1.165, 1.54) is 6.20 Å². The maximum atomic E-state index is 12.2. The van der Waals surface area contributed by atoms with Crippen LogP contribution >= 0.6 is 0 Å². The van der Waals surface area contributed by atoms with Gasteiger partial charge in [0.1, 0.15) is 17.1 Å². The summed E-state index contributed by atoms with van der Waals surface area (Å²) in [6.45, 7) is 1.78. The smallest absolute Gasteiger partial charge is 0.341 e. The fourth-order valence-electron chi connectivity index (χ4n) is 2.68. The number of benzene rings is 2. The lowest BCUT2D eigenvalue weighted by Gasteiger charge is -2.11. The summed E-state index contributed by atoms with van der Waals surface area (Å²) in [4.78, 5) is 28.4. The number of rotatable bonds is 7. The highest BCUT2D eigenvalue weighted by molar-refractivity contribution is 6.05. The normalized spacial score (nSPS) is 10.4. The van der Waals surface area contributed by atoms with Crippen molar-refractivity contribution in [2.75, 3.05) is 31.4 Å². The van der Waals surface area contributed by atoms with Gasteiger partial charge in [-0.15, -0.1) is 0 Å². The van der Waals surface area contributed by atoms with Crippen LogP contribution < -0.4 is 20.5 Å². The van der Waals surface area contributed by atoms with E-state index in [4.69, 9.17) is 19.9 Å². The molecule has 29 heavy (non-hydrogen) atoms. The average molecular weight is 395 g/mol. The minimum Gasteiger partial charge on any atom is -0.497 e. The van der Waals surface area contributed by atoms with E-state index in [2.05, 4.69) is 10.3 Å². The number of carbonyl (C=O) groups is 2. The number of nitrogens with two attached hydrogens (primary N) is 1. The molecule has 1 amide bonds. The molecule has 0 spiro atoms. The summed E-state index contributed by atoms with van der Waals surface area (Å²) in [7, 11) is 1.57. The van der Waals surface area contributed by atoms with Crippen LogP contribution in [0, 0.1) is 0 Å². The van der Waals surface area contributed by atoms with Gasteiger partial charge in [-0.05, 0) is 49.4 Å². The van der Waals surface area contributed by atoms with Gasteiger partial charge in [0.25, 0.3) is 5.91 Å². The van der Waals surface area contributed by atoms with E-state index in [1.54, 1.807) is 56.5 Å². The van der Waals surface area contributed by atoms with Crippen molar-refractivity contribution in [2.45, 2.75) is 6.92 Å². The summed E-state index contributed by atoms with van der Waals surface area (Å²) in [5.41, 5.74) is 7.66. The molecule has 3 aromatic rings. The number of methoxy groups -OCH3 is 1. The minimum atomic E-state index is -0.540. The van der Waals surface area contributed by atoms with E-state index in [0.29, 0.717) is 28.1 Å². The Morgan fingerprint density at radius 1 is 1.10 bits per heavy atom. The topological polar surface area (TPSA) is 113 Å². The SMILES string of the molecule is CCOC(=O)c1cnc2ccc(NC(=O)COc3ccc(OC)cc3)cc2c1N. The Morgan fingerprint density at radius 2 is 1.83 bits per heavy atom. The van der Waals surface area contributed by atoms with Crippen LogP contribution in [0.4, 0.5) is 11.4 Å². The Morgan fingerprint density at radius 3 is 2.52 bits per heavy atom. The molecule has 0 unspecified atom stereocenters. The summed E-state index contributed by atoms with van der Waals surface area (Å²) in [6.07, 6.45) is 1.39. The molecule has 0 aliphatic rings. The number of fused-ring (bicyclic) bond motifs is 1. The largest absolute Gasteiger partial charge is 0.497 e. The standard InChI is InChI=1S/C21H21N3O5/c1-3-28-21(26)17-11-23-18-9-4-13(10-16(18)20(17)22)24-19(25)12-29-15-7-5-14(27-2)6-8-15/h4-11H,3,12H2,1-2H3,(H2,22,23)(H,24,25). The van der Waals surface area contributed by atoms with Crippen molar-refractivity contribution < 1.29 is 23.8 Å². The van der Waals surface area contributed by atoms with E-state index in [1.807, 2.05) is 0 Å². The van der Waals surface area contributed by atoms with Crippen molar-refractivity contribution in [1.82, 2.24) is 4.98 Å². The number of amides is 1. The van der Waals surface area contributed by atoms with Gasteiger partial charge in [0.05, 0.1) is 24.9 Å². The second kappa shape index (κ2) is 8.92. The number of anilines is 2. The van der Waals surface area contributed by atoms with Gasteiger partial charge in [-0.3, -0.25) is 9.78 Å². The molecule has 3 N–H and O–H groups in total. The lowest BCUT2D eigenvalue weighted by Crippen LogP contribution is -2.20. The van der Waals surface area contributed by atoms with Crippen LogP contribution in [0.2, 0.25) is 0 Å². The number of nitrogens with zero attached hydrogens (tertiary/aromatic N) is 1. The Hall–Kier alpha value is -3.81. The minimum absolute atomic E-state index is 0.166. The molecular formula is C21H21N3O5. The summed E-state index contributed by atoms with van der Waals surface area (Å²) in [5, 5.41) is 3.29. The Kier molecular flexibility index (Phi) is 6.13. The van der Waals surface area contributed by atoms with Crippen LogP contribution in [0.5, 0.6) is 11.5 Å². The molecule has 0 bridgehead atoms. The first kappa shape index (κ1) is 19.9. The summed E-state index contributed by atoms with van der Waals surface area (Å²) in [6, 6.07) is 12.0. The number of ether oxygens (including phenoxy) is 3. The molecule has 2 aromatic carbocycles. The molecule has 0 saturated carbocycles. The zero-order chi connectivity index (χ0) is 20.8. The van der Waals surface area contributed by atoms with Crippen LogP contribution in [0.15, 0.2) is 48.7 Å². The molecule has 1 aromatic heterocycles. The molecule has 8 heteroatoms. The van der Waals surface area contributed by atoms with Crippen LogP contribution in [-0.2, 0) is 9.53 Å². The molecule has 0 aliphatic carbocycles. The maximum Gasteiger partial charge on any atom is 0.341 e. The number of pyridine rings is 1. The third-order valence-electron chi connectivity index (χ3n) is 4.12. The number of nitrogen functional groups attached to an aromatic ring is 1. The van der Waals surface area contributed by atoms with Crippen molar-refractivity contribution in [1.29, 1.82) is 0 Å². The Bertz CT molecular complexity index is 1030. The van der Waals surface area contributed by atoms with E-state index >= 15 is 0 Å². The third-order valence-corrected chi connectivity index (χ3v) is 4.12. The number of hydrogen-bond acceptors (Lipinski definition) is 7. The molecule has 8 nitrogen and oxygen atoms in total. The van der Waals surface area contributed by atoms with Gasteiger partial charge in [-0.25, -0.2) is 4.79 Å². The summed E-state index contributed by atoms with van der Waals surface area (Å²) < 4.78 is 15.5. The average Bonchev–Trinajstić information content (AvgIpc) is 2.73. The van der Waals surface area contributed by atoms with Gasteiger partial charge in [-0.2, -0.15) is 0 Å². The molecule has 0 atom stereocenters. The quantitative estimate of drug-likeness (QED) is 0.591. The molecule has 3 rings (SSSR count). The van der Waals surface area contributed by atoms with E-state index < -0.39 is 5.97 Å². The predicted molar refractivity (Wildman–Crippen MR) is 109 cm³/mol. The van der Waals surface area contributed by atoms with Gasteiger partial charge < -0.3 is 25.3 Å². The van der Waals surface area contributed by atoms with Crippen molar-refractivity contribution >= 4 is 34.2 Å². The molecule has 0 aliphatic heterocycles. The molecule has 0 fully saturated rings. The van der Waals surface area contributed by atoms with Gasteiger partial charge in [-0.1, -0.05) is 0 Å². The van der Waals surface area contributed by atoms with Gasteiger partial charge >= 0.3 is 5.97 Å². The molecular weight excluding hydrogens is 374 g/mol. The first-order valence-corrected chi connectivity index (χ1v) is 8.94. The zero-order valence-corrected chi connectivity index (χ0v) is 16.1. The lowest BCUT2D eigenvalue weighted by atomic mass is 10.1. The van der Waals surface area contributed by atoms with Crippen molar-refractivity contribution in [3.05, 3.63) is 54.2 Å². The van der Waals surface area contributed by atoms with Crippen molar-refractivity contribution in [3.63, 3.8) is 0 Å². The number of aromatic nitrogens is 1. The Labute approximate surface area is 167 Å². The highest BCUT2D eigenvalue weighted by Gasteiger charge is 2.15. The fourth-order valence-corrected chi connectivity index (χ4v) is 2.68. The lowest BCUT2D eigenvalue weighted by molar-refractivity contribution is -0.118. The summed E-state index contributed by atoms with van der Waals surface area (Å²) in [5.74, 6) is 0.369. The highest BCUT2D eigenvalue weighted by Crippen LogP contribution is 2.26. The first-order chi connectivity index (χ1) is 14.0. The van der Waals surface area contributed by atoms with Crippen LogP contribution in [-0.4, -0.2) is 37.2 Å². The summed E-state index contributed by atoms with van der Waals surface area (Å²) >= 11 is 0. The second-order valence-electron chi connectivity index (χ2n) is 6.05. The van der Waals surface area contributed by atoms with Crippen molar-refractivity contribution in [2.24, 2.45) is 0 Å². The van der Waals surface area contributed by atoms with Crippen LogP contribution in [0.25, 0.3) is 10.9 Å². The molecule has 150 valence electrons. The number of esters is 1. The zero-order valence-electron chi connectivity index (χ0n) is 16.1. The monoisotopic (exact) mass is 395 g/mol. The van der Waals surface area contributed by atoms with Gasteiger partial charge in [0.15, 0.2) is 6.61 Å². The third kappa shape index (κ3) is 4.73. The van der Waals surface area contributed by atoms with E-state index in [9.17, 15) is 9.59 Å². The van der Waals surface area contributed by atoms with Crippen LogP contribution in [0.1, 0.15) is 17.3 Å². The highest BCUT2D eigenvalue weighted by atomic mass is 16.5. The predicted octanol–water partition coefficient (Wildman–Crippen LogP) is 3.02. The molecule has 0 saturated heterocycles. The second-order valence-corrected chi connectivity index (χ2v) is 6.05. The number of hydrogen-bond donors (Lipinski definition) is 2.